The van der Waals surface area contributed by atoms with E-state index in [0.29, 0.717) is 6.54 Å². The van der Waals surface area contributed by atoms with Crippen LogP contribution in [0.4, 0.5) is 10.5 Å². The van der Waals surface area contributed by atoms with Gasteiger partial charge in [0.25, 0.3) is 0 Å². The smallest absolute Gasteiger partial charge is 0.412 e. The molecule has 0 aromatic heterocycles. The van der Waals surface area contributed by atoms with Crippen molar-refractivity contribution >= 4 is 11.8 Å². The van der Waals surface area contributed by atoms with Gasteiger partial charge < -0.3 is 9.84 Å². The molecule has 0 spiro atoms. The number of hydrogen-bond donors (Lipinski definition) is 2. The summed E-state index contributed by atoms with van der Waals surface area (Å²) in [6.07, 6.45) is -0.890. The van der Waals surface area contributed by atoms with E-state index in [0.717, 1.165) is 49.5 Å². The first-order valence-corrected chi connectivity index (χ1v) is 10.6. The zero-order valence-corrected chi connectivity index (χ0v) is 18.2. The van der Waals surface area contributed by atoms with Crippen LogP contribution >= 0.6 is 0 Å². The van der Waals surface area contributed by atoms with E-state index in [1.54, 1.807) is 0 Å². The van der Waals surface area contributed by atoms with Crippen molar-refractivity contribution in [2.24, 2.45) is 0 Å². The predicted octanol–water partition coefficient (Wildman–Crippen LogP) is 3.88. The largest absolute Gasteiger partial charge is 0.444 e. The van der Waals surface area contributed by atoms with Gasteiger partial charge in [0, 0.05) is 45.0 Å². The van der Waals surface area contributed by atoms with Crippen LogP contribution in [0.15, 0.2) is 54.6 Å². The zero-order valence-electron chi connectivity index (χ0n) is 18.2. The summed E-state index contributed by atoms with van der Waals surface area (Å²) in [5.74, 6) is 0. The molecular formula is C24H33N3O3. The van der Waals surface area contributed by atoms with E-state index in [4.69, 9.17) is 4.74 Å². The Morgan fingerprint density at radius 1 is 1.03 bits per heavy atom. The van der Waals surface area contributed by atoms with Gasteiger partial charge in [-0.25, -0.2) is 4.79 Å². The quantitative estimate of drug-likeness (QED) is 0.755. The lowest BCUT2D eigenvalue weighted by atomic mass is 10.1. The standard InChI is InChI=1S/C24H33N3O3/c1-24(2,3)30-23(29)25-21-11-7-8-19(16-21)17-26-12-14-27(15-13-26)18-22(28)20-9-5-4-6-10-20/h4-11,16,22,28H,12-15,17-18H2,1-3H3,(H,25,29)/t22-/m1/s1. The fourth-order valence-electron chi connectivity index (χ4n) is 3.58. The van der Waals surface area contributed by atoms with Gasteiger partial charge in [-0.3, -0.25) is 15.1 Å². The van der Waals surface area contributed by atoms with Gasteiger partial charge in [-0.15, -0.1) is 0 Å². The second kappa shape index (κ2) is 10.1. The molecule has 1 fully saturated rings. The number of nitrogens with one attached hydrogen (secondary N) is 1. The molecule has 6 heteroatoms. The molecule has 0 saturated carbocycles. The SMILES string of the molecule is CC(C)(C)OC(=O)Nc1cccc(CN2CCN(C[C@@H](O)c3ccccc3)CC2)c1. The number of carbonyl (C=O) groups is 1. The summed E-state index contributed by atoms with van der Waals surface area (Å²) in [6.45, 7) is 10.8. The molecule has 0 unspecified atom stereocenters. The topological polar surface area (TPSA) is 65.0 Å². The van der Waals surface area contributed by atoms with E-state index < -0.39 is 17.8 Å². The molecule has 2 N–H and O–H groups in total. The van der Waals surface area contributed by atoms with Gasteiger partial charge in [0.15, 0.2) is 0 Å². The minimum atomic E-state index is -0.518. The molecule has 6 nitrogen and oxygen atoms in total. The lowest BCUT2D eigenvalue weighted by Gasteiger charge is -2.35. The Kier molecular flexibility index (Phi) is 7.48. The number of hydrogen-bond acceptors (Lipinski definition) is 5. The molecule has 0 bridgehead atoms. The van der Waals surface area contributed by atoms with E-state index >= 15 is 0 Å². The minimum Gasteiger partial charge on any atom is -0.444 e. The third-order valence-corrected chi connectivity index (χ3v) is 5.06. The van der Waals surface area contributed by atoms with Crippen LogP contribution in [0.2, 0.25) is 0 Å². The van der Waals surface area contributed by atoms with Gasteiger partial charge >= 0.3 is 6.09 Å². The molecule has 2 aromatic rings. The summed E-state index contributed by atoms with van der Waals surface area (Å²) in [5.41, 5.74) is 2.34. The number of carbonyl (C=O) groups excluding carboxylic acids is 1. The molecule has 1 aliphatic rings. The fraction of sp³-hybridized carbons (Fsp3) is 0.458. The average molecular weight is 412 g/mol. The van der Waals surface area contributed by atoms with E-state index in [2.05, 4.69) is 21.2 Å². The summed E-state index contributed by atoms with van der Waals surface area (Å²) in [6, 6.07) is 17.7. The van der Waals surface area contributed by atoms with Crippen molar-refractivity contribution in [1.29, 1.82) is 0 Å². The Balaban J connectivity index is 1.46. The van der Waals surface area contributed by atoms with E-state index in [-0.39, 0.29) is 0 Å². The van der Waals surface area contributed by atoms with Crippen LogP contribution in [0.5, 0.6) is 0 Å². The van der Waals surface area contributed by atoms with Crippen molar-refractivity contribution in [3.8, 4) is 0 Å². The van der Waals surface area contributed by atoms with Gasteiger partial charge in [-0.1, -0.05) is 42.5 Å². The van der Waals surface area contributed by atoms with Gasteiger partial charge in [0.1, 0.15) is 5.60 Å². The number of ether oxygens (including phenoxy) is 1. The number of benzene rings is 2. The maximum absolute atomic E-state index is 12.0. The van der Waals surface area contributed by atoms with Gasteiger partial charge in [0.05, 0.1) is 6.10 Å². The lowest BCUT2D eigenvalue weighted by Crippen LogP contribution is -2.47. The lowest BCUT2D eigenvalue weighted by molar-refractivity contribution is 0.0635. The van der Waals surface area contributed by atoms with Crippen LogP contribution in [-0.2, 0) is 11.3 Å². The van der Waals surface area contributed by atoms with Crippen LogP contribution in [0.1, 0.15) is 38.0 Å². The Labute approximate surface area is 179 Å². The molecule has 2 aromatic carbocycles. The number of rotatable bonds is 6. The molecule has 3 rings (SSSR count). The van der Waals surface area contributed by atoms with Crippen molar-refractivity contribution < 1.29 is 14.6 Å². The average Bonchev–Trinajstić information content (AvgIpc) is 2.69. The number of β-amino-alcohol motifs (C(OH)–C–C–N with tert-alkyl or cyclic N) is 1. The van der Waals surface area contributed by atoms with Crippen LogP contribution in [0.25, 0.3) is 0 Å². The second-order valence-electron chi connectivity index (χ2n) is 8.83. The van der Waals surface area contributed by atoms with E-state index in [1.165, 1.54) is 0 Å². The van der Waals surface area contributed by atoms with Crippen molar-refractivity contribution in [2.75, 3.05) is 38.0 Å². The normalized spacial score (nSPS) is 16.8. The van der Waals surface area contributed by atoms with Crippen molar-refractivity contribution in [3.05, 3.63) is 65.7 Å². The van der Waals surface area contributed by atoms with Crippen LogP contribution < -0.4 is 5.32 Å². The summed E-state index contributed by atoms with van der Waals surface area (Å²) in [4.78, 5) is 16.7. The predicted molar refractivity (Wildman–Crippen MR) is 119 cm³/mol. The van der Waals surface area contributed by atoms with Crippen molar-refractivity contribution in [2.45, 2.75) is 39.0 Å². The highest BCUT2D eigenvalue weighted by Crippen LogP contribution is 2.18. The van der Waals surface area contributed by atoms with Crippen LogP contribution in [-0.4, -0.2) is 59.3 Å². The number of aliphatic hydroxyl groups excluding tert-OH is 1. The molecule has 1 heterocycles. The van der Waals surface area contributed by atoms with Gasteiger partial charge in [-0.05, 0) is 44.0 Å². The Bertz CT molecular complexity index is 812. The molecule has 1 atom stereocenters. The number of aliphatic hydroxyl groups is 1. The van der Waals surface area contributed by atoms with Gasteiger partial charge in [-0.2, -0.15) is 0 Å². The Morgan fingerprint density at radius 3 is 2.37 bits per heavy atom. The first-order valence-electron chi connectivity index (χ1n) is 10.6. The van der Waals surface area contributed by atoms with Crippen LogP contribution in [0.3, 0.4) is 0 Å². The number of nitrogens with zero attached hydrogens (tertiary/aromatic N) is 2. The maximum Gasteiger partial charge on any atom is 0.412 e. The summed E-state index contributed by atoms with van der Waals surface area (Å²) >= 11 is 0. The monoisotopic (exact) mass is 411 g/mol. The first-order chi connectivity index (χ1) is 14.3. The molecule has 1 amide bonds. The highest BCUT2D eigenvalue weighted by molar-refractivity contribution is 5.84. The molecule has 0 radical (unpaired) electrons. The third-order valence-electron chi connectivity index (χ3n) is 5.06. The second-order valence-corrected chi connectivity index (χ2v) is 8.83. The van der Waals surface area contributed by atoms with Gasteiger partial charge in [0.2, 0.25) is 0 Å². The first kappa shape index (κ1) is 22.3. The third kappa shape index (κ3) is 7.13. The molecule has 1 aliphatic heterocycles. The summed E-state index contributed by atoms with van der Waals surface area (Å²) < 4.78 is 5.32. The van der Waals surface area contributed by atoms with Crippen molar-refractivity contribution in [3.63, 3.8) is 0 Å². The van der Waals surface area contributed by atoms with E-state index in [1.807, 2.05) is 69.3 Å². The highest BCUT2D eigenvalue weighted by atomic mass is 16.6. The maximum atomic E-state index is 12.0. The van der Waals surface area contributed by atoms with E-state index in [9.17, 15) is 9.90 Å². The molecule has 0 aliphatic carbocycles. The van der Waals surface area contributed by atoms with Crippen molar-refractivity contribution in [1.82, 2.24) is 9.80 Å². The molecule has 30 heavy (non-hydrogen) atoms. The number of anilines is 1. The fourth-order valence-corrected chi connectivity index (χ4v) is 3.58. The van der Waals surface area contributed by atoms with Crippen LogP contribution in [0, 0.1) is 0 Å². The summed E-state index contributed by atoms with van der Waals surface area (Å²) in [7, 11) is 0. The Hall–Kier alpha value is -2.41. The molecular weight excluding hydrogens is 378 g/mol. The number of amides is 1. The molecule has 162 valence electrons. The number of piperazine rings is 1. The highest BCUT2D eigenvalue weighted by Gasteiger charge is 2.20. The molecule has 1 saturated heterocycles. The Morgan fingerprint density at radius 2 is 1.70 bits per heavy atom. The zero-order chi connectivity index (χ0) is 21.6. The summed E-state index contributed by atoms with van der Waals surface area (Å²) in [5, 5.41) is 13.3. The minimum absolute atomic E-state index is 0.440.